The number of nitrogens with one attached hydrogen (secondary N) is 1. The number of hydrogen-bond acceptors (Lipinski definition) is 4. The molecule has 138 valence electrons. The zero-order valence-electron chi connectivity index (χ0n) is 16.1. The first-order valence-electron chi connectivity index (χ1n) is 8.86. The van der Waals surface area contributed by atoms with Crippen LogP contribution in [0.1, 0.15) is 43.6 Å². The molecule has 4 heteroatoms. The summed E-state index contributed by atoms with van der Waals surface area (Å²) in [5.41, 5.74) is 2.46. The van der Waals surface area contributed by atoms with Crippen molar-refractivity contribution in [3.8, 4) is 11.5 Å². The predicted molar refractivity (Wildman–Crippen MR) is 107 cm³/mol. The second-order valence-corrected chi connectivity index (χ2v) is 6.56. The first kappa shape index (κ1) is 19.6. The van der Waals surface area contributed by atoms with E-state index in [0.717, 1.165) is 17.0 Å². The summed E-state index contributed by atoms with van der Waals surface area (Å²) in [6, 6.07) is 13.0. The number of rotatable bonds is 8. The Labute approximate surface area is 155 Å². The highest BCUT2D eigenvalue weighted by atomic mass is 16.5. The minimum atomic E-state index is -0.0503. The zero-order chi connectivity index (χ0) is 19.1. The van der Waals surface area contributed by atoms with Gasteiger partial charge in [-0.2, -0.15) is 0 Å². The van der Waals surface area contributed by atoms with Gasteiger partial charge in [-0.25, -0.2) is 0 Å². The van der Waals surface area contributed by atoms with E-state index in [0.29, 0.717) is 11.3 Å². The van der Waals surface area contributed by atoms with Crippen molar-refractivity contribution in [2.45, 2.75) is 39.9 Å². The van der Waals surface area contributed by atoms with Crippen molar-refractivity contribution in [2.75, 3.05) is 12.4 Å². The van der Waals surface area contributed by atoms with Crippen molar-refractivity contribution in [3.05, 3.63) is 59.7 Å². The van der Waals surface area contributed by atoms with E-state index in [2.05, 4.69) is 5.32 Å². The van der Waals surface area contributed by atoms with E-state index in [4.69, 9.17) is 9.47 Å². The molecule has 0 saturated heterocycles. The Bertz CT molecular complexity index is 761. The van der Waals surface area contributed by atoms with E-state index in [-0.39, 0.29) is 18.0 Å². The van der Waals surface area contributed by atoms with Crippen molar-refractivity contribution >= 4 is 17.5 Å². The molecule has 0 unspecified atom stereocenters. The van der Waals surface area contributed by atoms with Gasteiger partial charge in [0.1, 0.15) is 11.5 Å². The van der Waals surface area contributed by atoms with E-state index < -0.39 is 0 Å². The zero-order valence-corrected chi connectivity index (χ0v) is 16.1. The third-order valence-electron chi connectivity index (χ3n) is 3.59. The summed E-state index contributed by atoms with van der Waals surface area (Å²) in [5.74, 6) is 1.40. The first-order chi connectivity index (χ1) is 12.4. The van der Waals surface area contributed by atoms with Crippen molar-refractivity contribution in [2.24, 2.45) is 0 Å². The van der Waals surface area contributed by atoms with Crippen LogP contribution in [0, 0.1) is 0 Å². The van der Waals surface area contributed by atoms with Crippen LogP contribution in [0.15, 0.2) is 48.5 Å². The molecule has 26 heavy (non-hydrogen) atoms. The van der Waals surface area contributed by atoms with Gasteiger partial charge < -0.3 is 14.8 Å². The van der Waals surface area contributed by atoms with Gasteiger partial charge in [-0.1, -0.05) is 0 Å². The maximum atomic E-state index is 12.4. The minimum Gasteiger partial charge on any atom is -0.491 e. The highest BCUT2D eigenvalue weighted by Gasteiger charge is 2.08. The second-order valence-electron chi connectivity index (χ2n) is 6.56. The lowest BCUT2D eigenvalue weighted by molar-refractivity contribution is 0.104. The average Bonchev–Trinajstić information content (AvgIpc) is 2.60. The molecule has 0 radical (unpaired) electrons. The summed E-state index contributed by atoms with van der Waals surface area (Å²) >= 11 is 0. The number of ether oxygens (including phenoxy) is 2. The summed E-state index contributed by atoms with van der Waals surface area (Å²) in [5, 5.41) is 3.04. The Kier molecular flexibility index (Phi) is 6.84. The molecular formula is C22H27NO3. The molecule has 2 rings (SSSR count). The molecule has 2 aromatic carbocycles. The normalized spacial score (nSPS) is 11.2. The molecule has 0 amide bonds. The van der Waals surface area contributed by atoms with Gasteiger partial charge in [0, 0.05) is 29.9 Å². The van der Waals surface area contributed by atoms with Crippen molar-refractivity contribution in [1.29, 1.82) is 0 Å². The highest BCUT2D eigenvalue weighted by molar-refractivity contribution is 6.07. The van der Waals surface area contributed by atoms with Crippen LogP contribution in [-0.4, -0.2) is 25.0 Å². The van der Waals surface area contributed by atoms with Crippen LogP contribution in [0.2, 0.25) is 0 Å². The van der Waals surface area contributed by atoms with Gasteiger partial charge in [-0.15, -0.1) is 0 Å². The largest absolute Gasteiger partial charge is 0.491 e. The minimum absolute atomic E-state index is 0.0289. The van der Waals surface area contributed by atoms with Crippen LogP contribution < -0.4 is 14.8 Å². The predicted octanol–water partition coefficient (Wildman–Crippen LogP) is 5.20. The fourth-order valence-corrected chi connectivity index (χ4v) is 2.42. The van der Waals surface area contributed by atoms with Crippen LogP contribution in [0.5, 0.6) is 11.5 Å². The van der Waals surface area contributed by atoms with Crippen molar-refractivity contribution < 1.29 is 14.3 Å². The van der Waals surface area contributed by atoms with Crippen molar-refractivity contribution in [3.63, 3.8) is 0 Å². The maximum Gasteiger partial charge on any atom is 0.185 e. The number of carbonyl (C=O) groups excluding carboxylic acids is 1. The molecule has 0 aliphatic heterocycles. The SMILES string of the molecule is CNc1ccc(C(=O)/C=C/c2ccc(OC(C)C)cc2OC(C)C)cc1. The summed E-state index contributed by atoms with van der Waals surface area (Å²) in [7, 11) is 1.85. The second kappa shape index (κ2) is 9.09. The van der Waals surface area contributed by atoms with Gasteiger partial charge in [0.15, 0.2) is 5.78 Å². The maximum absolute atomic E-state index is 12.4. The quantitative estimate of drug-likeness (QED) is 0.523. The van der Waals surface area contributed by atoms with Crippen LogP contribution in [-0.2, 0) is 0 Å². The van der Waals surface area contributed by atoms with E-state index in [9.17, 15) is 4.79 Å². The Morgan fingerprint density at radius 1 is 0.962 bits per heavy atom. The molecule has 0 aromatic heterocycles. The van der Waals surface area contributed by atoms with Gasteiger partial charge in [-0.3, -0.25) is 4.79 Å². The highest BCUT2D eigenvalue weighted by Crippen LogP contribution is 2.28. The molecule has 4 nitrogen and oxygen atoms in total. The Balaban J connectivity index is 2.22. The smallest absolute Gasteiger partial charge is 0.185 e. The monoisotopic (exact) mass is 353 g/mol. The molecule has 0 saturated carbocycles. The lowest BCUT2D eigenvalue weighted by Gasteiger charge is -2.16. The van der Waals surface area contributed by atoms with Crippen LogP contribution in [0.4, 0.5) is 5.69 Å². The number of ketones is 1. The molecule has 1 N–H and O–H groups in total. The molecule has 0 heterocycles. The van der Waals surface area contributed by atoms with Crippen LogP contribution in [0.3, 0.4) is 0 Å². The number of allylic oxidation sites excluding steroid dienone is 1. The van der Waals surface area contributed by atoms with Crippen LogP contribution >= 0.6 is 0 Å². The fraction of sp³-hybridized carbons (Fsp3) is 0.318. The summed E-state index contributed by atoms with van der Waals surface area (Å²) in [4.78, 5) is 12.4. The van der Waals surface area contributed by atoms with E-state index in [1.807, 2.05) is 77.2 Å². The Morgan fingerprint density at radius 2 is 1.62 bits per heavy atom. The Hall–Kier alpha value is -2.75. The first-order valence-corrected chi connectivity index (χ1v) is 8.86. The molecule has 0 bridgehead atoms. The topological polar surface area (TPSA) is 47.6 Å². The molecular weight excluding hydrogens is 326 g/mol. The third-order valence-corrected chi connectivity index (χ3v) is 3.59. The number of carbonyl (C=O) groups is 1. The lowest BCUT2D eigenvalue weighted by Crippen LogP contribution is -2.09. The van der Waals surface area contributed by atoms with Crippen molar-refractivity contribution in [1.82, 2.24) is 0 Å². The van der Waals surface area contributed by atoms with E-state index in [1.54, 1.807) is 12.2 Å². The lowest BCUT2D eigenvalue weighted by atomic mass is 10.1. The van der Waals surface area contributed by atoms with Gasteiger partial charge in [0.2, 0.25) is 0 Å². The van der Waals surface area contributed by atoms with Gasteiger partial charge in [0.05, 0.1) is 12.2 Å². The number of benzene rings is 2. The summed E-state index contributed by atoms with van der Waals surface area (Å²) in [6.07, 6.45) is 3.47. The van der Waals surface area contributed by atoms with Crippen LogP contribution in [0.25, 0.3) is 6.08 Å². The molecule has 0 aliphatic carbocycles. The van der Waals surface area contributed by atoms with E-state index >= 15 is 0 Å². The van der Waals surface area contributed by atoms with Gasteiger partial charge in [-0.05, 0) is 76.2 Å². The molecule has 0 aliphatic rings. The summed E-state index contributed by atoms with van der Waals surface area (Å²) < 4.78 is 11.6. The third kappa shape index (κ3) is 5.66. The standard InChI is InChI=1S/C22H27NO3/c1-15(2)25-20-12-8-18(22(14-20)26-16(3)4)9-13-21(24)17-6-10-19(23-5)11-7-17/h6-16,23H,1-5H3/b13-9+. The molecule has 0 spiro atoms. The molecule has 0 atom stereocenters. The van der Waals surface area contributed by atoms with Gasteiger partial charge in [0.25, 0.3) is 0 Å². The Morgan fingerprint density at radius 3 is 2.19 bits per heavy atom. The van der Waals surface area contributed by atoms with Gasteiger partial charge >= 0.3 is 0 Å². The number of hydrogen-bond donors (Lipinski definition) is 1. The van der Waals surface area contributed by atoms with E-state index in [1.165, 1.54) is 0 Å². The molecule has 0 fully saturated rings. The fourth-order valence-electron chi connectivity index (χ4n) is 2.42. The molecule has 2 aromatic rings. The average molecular weight is 353 g/mol. The summed E-state index contributed by atoms with van der Waals surface area (Å²) in [6.45, 7) is 7.90. The number of anilines is 1.